The number of carbonyl (C=O) groups is 1. The van der Waals surface area contributed by atoms with Crippen LogP contribution in [0.15, 0.2) is 12.2 Å². The highest BCUT2D eigenvalue weighted by atomic mass is 16.1. The second-order valence-electron chi connectivity index (χ2n) is 4.15. The molecule has 0 radical (unpaired) electrons. The number of Topliss-reactive ketones (excluding diaryl/α,β-unsaturated/α-hetero) is 1. The Kier molecular flexibility index (Phi) is 3.26. The van der Waals surface area contributed by atoms with Crippen molar-refractivity contribution in [3.63, 3.8) is 0 Å². The molecule has 0 aromatic carbocycles. The van der Waals surface area contributed by atoms with Gasteiger partial charge in [-0.15, -0.1) is 0 Å². The molecule has 2 nitrogen and oxygen atoms in total. The average molecular weight is 181 g/mol. The Balaban J connectivity index is 2.78. The molecule has 1 rings (SSSR count). The summed E-state index contributed by atoms with van der Waals surface area (Å²) < 4.78 is 0. The first-order valence-corrected chi connectivity index (χ1v) is 5.03. The first kappa shape index (κ1) is 10.5. The molecular formula is C11H19NO. The van der Waals surface area contributed by atoms with Crippen LogP contribution in [0.3, 0.4) is 0 Å². The van der Waals surface area contributed by atoms with E-state index >= 15 is 0 Å². The SMILES string of the molecule is C=C(C)C(=O)C1(CN)CCCCC1. The predicted octanol–water partition coefficient (Wildman–Crippen LogP) is 2.04. The van der Waals surface area contributed by atoms with Gasteiger partial charge in [0.15, 0.2) is 5.78 Å². The summed E-state index contributed by atoms with van der Waals surface area (Å²) in [7, 11) is 0. The minimum atomic E-state index is -0.260. The van der Waals surface area contributed by atoms with Crippen LogP contribution in [0.1, 0.15) is 39.0 Å². The Labute approximate surface area is 80.2 Å². The highest BCUT2D eigenvalue weighted by Gasteiger charge is 2.37. The molecule has 0 aliphatic heterocycles. The Morgan fingerprint density at radius 2 is 1.92 bits per heavy atom. The summed E-state index contributed by atoms with van der Waals surface area (Å²) in [6.45, 7) is 5.99. The Morgan fingerprint density at radius 3 is 2.31 bits per heavy atom. The van der Waals surface area contributed by atoms with E-state index in [0.29, 0.717) is 12.1 Å². The van der Waals surface area contributed by atoms with Gasteiger partial charge in [0.1, 0.15) is 0 Å². The monoisotopic (exact) mass is 181 g/mol. The van der Waals surface area contributed by atoms with Crippen LogP contribution in [-0.2, 0) is 4.79 Å². The molecule has 13 heavy (non-hydrogen) atoms. The van der Waals surface area contributed by atoms with Crippen LogP contribution in [0.25, 0.3) is 0 Å². The molecule has 0 atom stereocenters. The standard InChI is InChI=1S/C11H19NO/c1-9(2)10(13)11(8-12)6-4-3-5-7-11/h1,3-8,12H2,2H3. The second-order valence-corrected chi connectivity index (χ2v) is 4.15. The molecule has 0 bridgehead atoms. The lowest BCUT2D eigenvalue weighted by molar-refractivity contribution is -0.126. The molecule has 0 saturated heterocycles. The summed E-state index contributed by atoms with van der Waals surface area (Å²) in [6, 6.07) is 0. The van der Waals surface area contributed by atoms with E-state index in [4.69, 9.17) is 5.73 Å². The van der Waals surface area contributed by atoms with Crippen molar-refractivity contribution >= 4 is 5.78 Å². The van der Waals surface area contributed by atoms with Gasteiger partial charge in [0.05, 0.1) is 0 Å². The quantitative estimate of drug-likeness (QED) is 0.677. The summed E-state index contributed by atoms with van der Waals surface area (Å²) in [5, 5.41) is 0. The van der Waals surface area contributed by atoms with Gasteiger partial charge >= 0.3 is 0 Å². The van der Waals surface area contributed by atoms with Crippen molar-refractivity contribution in [1.82, 2.24) is 0 Å². The Hall–Kier alpha value is -0.630. The maximum atomic E-state index is 11.9. The first-order chi connectivity index (χ1) is 6.12. The fourth-order valence-corrected chi connectivity index (χ4v) is 2.21. The van der Waals surface area contributed by atoms with E-state index in [1.165, 1.54) is 6.42 Å². The normalized spacial score (nSPS) is 21.1. The summed E-state index contributed by atoms with van der Waals surface area (Å²) in [5.74, 6) is 0.190. The van der Waals surface area contributed by atoms with Gasteiger partial charge in [-0.3, -0.25) is 4.79 Å². The number of carbonyl (C=O) groups excluding carboxylic acids is 1. The third-order valence-electron chi connectivity index (χ3n) is 3.07. The van der Waals surface area contributed by atoms with Gasteiger partial charge in [-0.25, -0.2) is 0 Å². The molecule has 0 amide bonds. The molecule has 0 spiro atoms. The van der Waals surface area contributed by atoms with Crippen LogP contribution in [0.2, 0.25) is 0 Å². The van der Waals surface area contributed by atoms with Gasteiger partial charge in [-0.05, 0) is 25.3 Å². The van der Waals surface area contributed by atoms with Gasteiger partial charge in [-0.2, -0.15) is 0 Å². The number of nitrogens with two attached hydrogens (primary N) is 1. The molecule has 2 N–H and O–H groups in total. The van der Waals surface area contributed by atoms with Crippen LogP contribution in [0.4, 0.5) is 0 Å². The van der Waals surface area contributed by atoms with Crippen LogP contribution in [0, 0.1) is 5.41 Å². The number of allylic oxidation sites excluding steroid dienone is 1. The molecular weight excluding hydrogens is 162 g/mol. The van der Waals surface area contributed by atoms with Crippen molar-refractivity contribution in [1.29, 1.82) is 0 Å². The van der Waals surface area contributed by atoms with E-state index in [2.05, 4.69) is 6.58 Å². The smallest absolute Gasteiger partial charge is 0.165 e. The topological polar surface area (TPSA) is 43.1 Å². The zero-order valence-corrected chi connectivity index (χ0v) is 8.44. The van der Waals surface area contributed by atoms with E-state index in [0.717, 1.165) is 25.7 Å². The molecule has 1 aliphatic carbocycles. The van der Waals surface area contributed by atoms with Gasteiger partial charge < -0.3 is 5.73 Å². The van der Waals surface area contributed by atoms with E-state index in [1.807, 2.05) is 0 Å². The van der Waals surface area contributed by atoms with E-state index in [1.54, 1.807) is 6.92 Å². The third kappa shape index (κ3) is 1.99. The van der Waals surface area contributed by atoms with E-state index in [9.17, 15) is 4.79 Å². The third-order valence-corrected chi connectivity index (χ3v) is 3.07. The van der Waals surface area contributed by atoms with Crippen molar-refractivity contribution in [3.8, 4) is 0 Å². The summed E-state index contributed by atoms with van der Waals surface area (Å²) in [6.07, 6.45) is 5.42. The fraction of sp³-hybridized carbons (Fsp3) is 0.727. The maximum Gasteiger partial charge on any atom is 0.165 e. The largest absolute Gasteiger partial charge is 0.329 e. The van der Waals surface area contributed by atoms with E-state index in [-0.39, 0.29) is 11.2 Å². The maximum absolute atomic E-state index is 11.9. The van der Waals surface area contributed by atoms with Gasteiger partial charge in [0.25, 0.3) is 0 Å². The number of hydrogen-bond acceptors (Lipinski definition) is 2. The van der Waals surface area contributed by atoms with Crippen LogP contribution in [0.5, 0.6) is 0 Å². The summed E-state index contributed by atoms with van der Waals surface area (Å²) in [4.78, 5) is 11.9. The minimum Gasteiger partial charge on any atom is -0.329 e. The lowest BCUT2D eigenvalue weighted by Gasteiger charge is -2.34. The highest BCUT2D eigenvalue weighted by molar-refractivity contribution is 5.99. The molecule has 2 heteroatoms. The van der Waals surface area contributed by atoms with Gasteiger partial charge in [0.2, 0.25) is 0 Å². The first-order valence-electron chi connectivity index (χ1n) is 5.03. The van der Waals surface area contributed by atoms with Gasteiger partial charge in [0, 0.05) is 12.0 Å². The number of ketones is 1. The minimum absolute atomic E-state index is 0.190. The van der Waals surface area contributed by atoms with Crippen LogP contribution >= 0.6 is 0 Å². The zero-order valence-electron chi connectivity index (χ0n) is 8.44. The van der Waals surface area contributed by atoms with Crippen molar-refractivity contribution in [2.45, 2.75) is 39.0 Å². The van der Waals surface area contributed by atoms with Gasteiger partial charge in [-0.1, -0.05) is 25.8 Å². The van der Waals surface area contributed by atoms with Crippen molar-refractivity contribution in [2.75, 3.05) is 6.54 Å². The number of hydrogen-bond donors (Lipinski definition) is 1. The lowest BCUT2D eigenvalue weighted by atomic mass is 9.70. The average Bonchev–Trinajstić information content (AvgIpc) is 2.17. The molecule has 0 heterocycles. The molecule has 1 aliphatic rings. The predicted molar refractivity (Wildman–Crippen MR) is 54.4 cm³/mol. The summed E-state index contributed by atoms with van der Waals surface area (Å²) in [5.41, 5.74) is 6.11. The molecule has 0 aromatic rings. The molecule has 1 saturated carbocycles. The van der Waals surface area contributed by atoms with Crippen molar-refractivity contribution < 1.29 is 4.79 Å². The molecule has 0 aromatic heterocycles. The zero-order chi connectivity index (χ0) is 9.90. The lowest BCUT2D eigenvalue weighted by Crippen LogP contribution is -2.40. The van der Waals surface area contributed by atoms with Crippen molar-refractivity contribution in [2.24, 2.45) is 11.1 Å². The van der Waals surface area contributed by atoms with Crippen molar-refractivity contribution in [3.05, 3.63) is 12.2 Å². The number of rotatable bonds is 3. The van der Waals surface area contributed by atoms with Crippen LogP contribution in [-0.4, -0.2) is 12.3 Å². The summed E-state index contributed by atoms with van der Waals surface area (Å²) >= 11 is 0. The van der Waals surface area contributed by atoms with Crippen LogP contribution < -0.4 is 5.73 Å². The van der Waals surface area contributed by atoms with E-state index < -0.39 is 0 Å². The Morgan fingerprint density at radius 1 is 1.38 bits per heavy atom. The second kappa shape index (κ2) is 4.05. The molecule has 74 valence electrons. The molecule has 0 unspecified atom stereocenters. The Bertz CT molecular complexity index is 214. The highest BCUT2D eigenvalue weighted by Crippen LogP contribution is 2.37. The molecule has 1 fully saturated rings. The fourth-order valence-electron chi connectivity index (χ4n) is 2.21.